The second-order valence-electron chi connectivity index (χ2n) is 4.29. The van der Waals surface area contributed by atoms with Crippen molar-refractivity contribution in [3.05, 3.63) is 47.7 Å². The molecule has 2 unspecified atom stereocenters. The predicted octanol–water partition coefficient (Wildman–Crippen LogP) is 2.51. The van der Waals surface area contributed by atoms with Gasteiger partial charge in [0.1, 0.15) is 6.29 Å². The minimum absolute atomic E-state index is 0.155. The van der Waals surface area contributed by atoms with Gasteiger partial charge >= 0.3 is 0 Å². The van der Waals surface area contributed by atoms with Gasteiger partial charge in [0, 0.05) is 11.3 Å². The Kier molecular flexibility index (Phi) is 2.35. The van der Waals surface area contributed by atoms with Crippen LogP contribution in [0.15, 0.2) is 42.2 Å². The molecule has 0 saturated heterocycles. The number of allylic oxidation sites excluding steroid dienone is 2. The van der Waals surface area contributed by atoms with Crippen LogP contribution in [0, 0.1) is 11.3 Å². The number of aliphatic hydroxyl groups excluding tert-OH is 1. The number of carbonyl (C=O) groups is 1. The van der Waals surface area contributed by atoms with E-state index in [1.807, 2.05) is 37.3 Å². The Morgan fingerprint density at radius 3 is 2.60 bits per heavy atom. The van der Waals surface area contributed by atoms with Gasteiger partial charge in [-0.15, -0.1) is 0 Å². The van der Waals surface area contributed by atoms with Crippen LogP contribution in [-0.4, -0.2) is 11.4 Å². The van der Waals surface area contributed by atoms with Gasteiger partial charge in [-0.3, -0.25) is 0 Å². The summed E-state index contributed by atoms with van der Waals surface area (Å²) in [4.78, 5) is 10.8. The van der Waals surface area contributed by atoms with Crippen molar-refractivity contribution < 1.29 is 9.90 Å². The molecule has 0 amide bonds. The van der Waals surface area contributed by atoms with Crippen LogP contribution >= 0.6 is 0 Å². The van der Waals surface area contributed by atoms with Crippen molar-refractivity contribution in [2.75, 3.05) is 0 Å². The van der Waals surface area contributed by atoms with Gasteiger partial charge in [0.25, 0.3) is 0 Å². The van der Waals surface area contributed by atoms with Crippen LogP contribution in [-0.2, 0) is 11.2 Å². The van der Waals surface area contributed by atoms with E-state index in [9.17, 15) is 9.90 Å². The number of aldehydes is 1. The van der Waals surface area contributed by atoms with Gasteiger partial charge in [0.15, 0.2) is 0 Å². The molecule has 0 aromatic heterocycles. The van der Waals surface area contributed by atoms with Gasteiger partial charge in [0.05, 0.1) is 5.76 Å². The lowest BCUT2D eigenvalue weighted by molar-refractivity contribution is -0.114. The fourth-order valence-corrected chi connectivity index (χ4v) is 2.04. The van der Waals surface area contributed by atoms with Gasteiger partial charge in [-0.25, -0.2) is 0 Å². The smallest absolute Gasteiger partial charge is 0.127 e. The summed E-state index contributed by atoms with van der Waals surface area (Å²) in [7, 11) is 0. The van der Waals surface area contributed by atoms with E-state index in [-0.39, 0.29) is 5.92 Å². The lowest BCUT2D eigenvalue weighted by atomic mass is 9.64. The van der Waals surface area contributed by atoms with Gasteiger partial charge in [-0.05, 0) is 18.1 Å². The van der Waals surface area contributed by atoms with E-state index in [1.165, 1.54) is 0 Å². The number of rotatable bonds is 3. The first-order valence-corrected chi connectivity index (χ1v) is 5.07. The molecule has 1 N–H and O–H groups in total. The van der Waals surface area contributed by atoms with E-state index >= 15 is 0 Å². The van der Waals surface area contributed by atoms with Crippen LogP contribution in [0.5, 0.6) is 0 Å². The van der Waals surface area contributed by atoms with Crippen molar-refractivity contribution >= 4 is 6.29 Å². The second kappa shape index (κ2) is 3.54. The first kappa shape index (κ1) is 9.97. The standard InChI is InChI=1S/C13H14O2/c1-13(11(9-14)7-12(13)15)8-10-5-3-2-4-6-10/h2-7,9,11,15H,8H2,1H3. The van der Waals surface area contributed by atoms with Gasteiger partial charge in [0.2, 0.25) is 0 Å². The zero-order valence-corrected chi connectivity index (χ0v) is 8.68. The summed E-state index contributed by atoms with van der Waals surface area (Å²) in [6, 6.07) is 9.92. The Labute approximate surface area is 89.2 Å². The Morgan fingerprint density at radius 2 is 2.07 bits per heavy atom. The highest BCUT2D eigenvalue weighted by Gasteiger charge is 2.44. The maximum atomic E-state index is 10.8. The molecule has 2 nitrogen and oxygen atoms in total. The zero-order valence-electron chi connectivity index (χ0n) is 8.68. The van der Waals surface area contributed by atoms with Crippen LogP contribution in [0.4, 0.5) is 0 Å². The number of benzene rings is 1. The molecule has 2 atom stereocenters. The fourth-order valence-electron chi connectivity index (χ4n) is 2.04. The van der Waals surface area contributed by atoms with Crippen LogP contribution < -0.4 is 0 Å². The average Bonchev–Trinajstić information content (AvgIpc) is 2.27. The van der Waals surface area contributed by atoms with E-state index in [4.69, 9.17) is 0 Å². The molecule has 1 aliphatic carbocycles. The highest BCUT2D eigenvalue weighted by atomic mass is 16.3. The highest BCUT2D eigenvalue weighted by Crippen LogP contribution is 2.45. The molecule has 0 fully saturated rings. The summed E-state index contributed by atoms with van der Waals surface area (Å²) in [5, 5.41) is 9.63. The SMILES string of the molecule is CC1(Cc2ccccc2)C(O)=CC1C=O. The molecule has 1 aromatic rings. The van der Waals surface area contributed by atoms with Crippen LogP contribution in [0.2, 0.25) is 0 Å². The van der Waals surface area contributed by atoms with Crippen molar-refractivity contribution in [3.8, 4) is 0 Å². The Balaban J connectivity index is 2.19. The Bertz CT molecular complexity index is 394. The molecule has 78 valence electrons. The minimum Gasteiger partial charge on any atom is -0.512 e. The zero-order chi connectivity index (χ0) is 10.9. The third-order valence-corrected chi connectivity index (χ3v) is 3.22. The van der Waals surface area contributed by atoms with Crippen LogP contribution in [0.3, 0.4) is 0 Å². The molecule has 1 aliphatic rings. The molecular weight excluding hydrogens is 188 g/mol. The third-order valence-electron chi connectivity index (χ3n) is 3.22. The Hall–Kier alpha value is -1.57. The molecule has 1 aromatic carbocycles. The van der Waals surface area contributed by atoms with E-state index in [2.05, 4.69) is 0 Å². The predicted molar refractivity (Wildman–Crippen MR) is 58.5 cm³/mol. The van der Waals surface area contributed by atoms with Crippen molar-refractivity contribution in [1.82, 2.24) is 0 Å². The maximum absolute atomic E-state index is 10.8. The average molecular weight is 202 g/mol. The molecule has 2 heteroatoms. The summed E-state index contributed by atoms with van der Waals surface area (Å²) in [6.07, 6.45) is 3.23. The van der Waals surface area contributed by atoms with Gasteiger partial charge < -0.3 is 9.90 Å². The molecule has 0 heterocycles. The van der Waals surface area contributed by atoms with Gasteiger partial charge in [-0.1, -0.05) is 37.3 Å². The summed E-state index contributed by atoms with van der Waals surface area (Å²) in [6.45, 7) is 1.92. The van der Waals surface area contributed by atoms with E-state index < -0.39 is 5.41 Å². The lowest BCUT2D eigenvalue weighted by Gasteiger charge is -2.40. The first-order valence-electron chi connectivity index (χ1n) is 5.07. The molecule has 0 bridgehead atoms. The monoisotopic (exact) mass is 202 g/mol. The minimum atomic E-state index is -0.400. The summed E-state index contributed by atoms with van der Waals surface area (Å²) < 4.78 is 0. The number of aliphatic hydroxyl groups is 1. The maximum Gasteiger partial charge on any atom is 0.127 e. The van der Waals surface area contributed by atoms with Crippen molar-refractivity contribution in [3.63, 3.8) is 0 Å². The van der Waals surface area contributed by atoms with Crippen molar-refractivity contribution in [2.24, 2.45) is 11.3 Å². The van der Waals surface area contributed by atoms with Crippen LogP contribution in [0.25, 0.3) is 0 Å². The lowest BCUT2D eigenvalue weighted by Crippen LogP contribution is -2.39. The third kappa shape index (κ3) is 1.56. The van der Waals surface area contributed by atoms with Crippen LogP contribution in [0.1, 0.15) is 12.5 Å². The van der Waals surface area contributed by atoms with Crippen molar-refractivity contribution in [2.45, 2.75) is 13.3 Å². The quantitative estimate of drug-likeness (QED) is 0.765. The summed E-state index contributed by atoms with van der Waals surface area (Å²) >= 11 is 0. The molecule has 15 heavy (non-hydrogen) atoms. The first-order chi connectivity index (χ1) is 7.16. The molecule has 2 rings (SSSR count). The summed E-state index contributed by atoms with van der Waals surface area (Å²) in [5.74, 6) is 0.182. The largest absolute Gasteiger partial charge is 0.512 e. The second-order valence-corrected chi connectivity index (χ2v) is 4.29. The van der Waals surface area contributed by atoms with E-state index in [0.29, 0.717) is 12.2 Å². The Morgan fingerprint density at radius 1 is 1.40 bits per heavy atom. The van der Waals surface area contributed by atoms with Gasteiger partial charge in [-0.2, -0.15) is 0 Å². The highest BCUT2D eigenvalue weighted by molar-refractivity contribution is 5.63. The van der Waals surface area contributed by atoms with E-state index in [0.717, 1.165) is 11.8 Å². The summed E-state index contributed by atoms with van der Waals surface area (Å²) in [5.41, 5.74) is 0.745. The number of hydrogen-bond acceptors (Lipinski definition) is 2. The molecule has 0 aliphatic heterocycles. The number of carbonyl (C=O) groups excluding carboxylic acids is 1. The topological polar surface area (TPSA) is 37.3 Å². The molecule has 0 spiro atoms. The fraction of sp³-hybridized carbons (Fsp3) is 0.308. The van der Waals surface area contributed by atoms with E-state index in [1.54, 1.807) is 6.08 Å². The molecular formula is C13H14O2. The number of hydrogen-bond donors (Lipinski definition) is 1. The van der Waals surface area contributed by atoms with Crippen molar-refractivity contribution in [1.29, 1.82) is 0 Å². The molecule has 0 radical (unpaired) electrons. The molecule has 0 saturated carbocycles. The normalized spacial score (nSPS) is 29.1.